The van der Waals surface area contributed by atoms with Gasteiger partial charge in [0.1, 0.15) is 0 Å². The molecule has 4 aromatic rings. The minimum Gasteiger partial charge on any atom is -0.452 e. The maximum Gasteiger partial charge on any atom is 0.338 e. The van der Waals surface area contributed by atoms with Gasteiger partial charge in [-0.3, -0.25) is 10.1 Å². The summed E-state index contributed by atoms with van der Waals surface area (Å²) in [7, 11) is -3.78. The predicted octanol–water partition coefficient (Wildman–Crippen LogP) is 4.60. The number of nitrogens with one attached hydrogen (secondary N) is 1. The molecule has 5 rings (SSSR count). The van der Waals surface area contributed by atoms with E-state index in [-0.39, 0.29) is 23.5 Å². The summed E-state index contributed by atoms with van der Waals surface area (Å²) in [5.74, 6) is -1.34. The molecule has 0 saturated carbocycles. The average Bonchev–Trinajstić information content (AvgIpc) is 3.45. The summed E-state index contributed by atoms with van der Waals surface area (Å²) in [6.07, 6.45) is 0. The molecule has 0 spiro atoms. The number of esters is 1. The third-order valence-electron chi connectivity index (χ3n) is 6.41. The van der Waals surface area contributed by atoms with Gasteiger partial charge < -0.3 is 9.47 Å². The number of morpholine rings is 1. The highest BCUT2D eigenvalue weighted by Gasteiger charge is 2.27. The molecule has 1 N–H and O–H groups in total. The van der Waals surface area contributed by atoms with Crippen LogP contribution in [0.25, 0.3) is 22.4 Å². The summed E-state index contributed by atoms with van der Waals surface area (Å²) >= 11 is 1.26. The van der Waals surface area contributed by atoms with E-state index >= 15 is 0 Å². The number of amides is 1. The van der Waals surface area contributed by atoms with Crippen LogP contribution < -0.4 is 5.32 Å². The van der Waals surface area contributed by atoms with Crippen LogP contribution in [0.4, 0.5) is 5.13 Å². The number of aromatic nitrogens is 1. The van der Waals surface area contributed by atoms with Gasteiger partial charge in [0, 0.05) is 24.0 Å². The van der Waals surface area contributed by atoms with E-state index in [1.807, 2.05) is 60.0 Å². The molecule has 1 fully saturated rings. The number of carbonyl (C=O) groups is 2. The van der Waals surface area contributed by atoms with Crippen molar-refractivity contribution >= 4 is 38.4 Å². The molecule has 11 heteroatoms. The lowest BCUT2D eigenvalue weighted by Crippen LogP contribution is -2.40. The Morgan fingerprint density at radius 1 is 0.975 bits per heavy atom. The van der Waals surface area contributed by atoms with Gasteiger partial charge >= 0.3 is 5.97 Å². The van der Waals surface area contributed by atoms with Crippen LogP contribution in [0.3, 0.4) is 0 Å². The van der Waals surface area contributed by atoms with Crippen molar-refractivity contribution in [3.05, 3.63) is 89.3 Å². The quantitative estimate of drug-likeness (QED) is 0.304. The summed E-state index contributed by atoms with van der Waals surface area (Å²) in [4.78, 5) is 29.7. The van der Waals surface area contributed by atoms with Crippen molar-refractivity contribution < 1.29 is 27.5 Å². The second kappa shape index (κ2) is 12.1. The van der Waals surface area contributed by atoms with Crippen molar-refractivity contribution in [3.63, 3.8) is 0 Å². The van der Waals surface area contributed by atoms with E-state index in [0.29, 0.717) is 29.6 Å². The molecule has 2 heterocycles. The molecule has 0 unspecified atom stereocenters. The largest absolute Gasteiger partial charge is 0.452 e. The lowest BCUT2D eigenvalue weighted by molar-refractivity contribution is -0.119. The van der Waals surface area contributed by atoms with Crippen molar-refractivity contribution in [2.45, 2.75) is 11.8 Å². The van der Waals surface area contributed by atoms with Gasteiger partial charge in [-0.05, 0) is 35.7 Å². The molecular formula is C29H27N3O6S2. The first-order chi connectivity index (χ1) is 19.3. The molecule has 1 amide bonds. The summed E-state index contributed by atoms with van der Waals surface area (Å²) in [5, 5.41) is 4.86. The smallest absolute Gasteiger partial charge is 0.338 e. The van der Waals surface area contributed by atoms with E-state index in [1.54, 1.807) is 13.0 Å². The second-order valence-corrected chi connectivity index (χ2v) is 11.9. The number of hydrogen-bond acceptors (Lipinski definition) is 8. The van der Waals surface area contributed by atoms with Crippen molar-refractivity contribution in [2.24, 2.45) is 0 Å². The fourth-order valence-corrected chi connectivity index (χ4v) is 6.38. The van der Waals surface area contributed by atoms with Crippen LogP contribution in [0.1, 0.15) is 15.9 Å². The topological polar surface area (TPSA) is 115 Å². The lowest BCUT2D eigenvalue weighted by atomic mass is 10.0. The Morgan fingerprint density at radius 2 is 1.65 bits per heavy atom. The van der Waals surface area contributed by atoms with E-state index in [2.05, 4.69) is 10.3 Å². The van der Waals surface area contributed by atoms with Gasteiger partial charge in [0.05, 0.1) is 29.4 Å². The van der Waals surface area contributed by atoms with Crippen LogP contribution in [0.15, 0.2) is 83.1 Å². The molecule has 1 aliphatic rings. The second-order valence-electron chi connectivity index (χ2n) is 9.10. The van der Waals surface area contributed by atoms with E-state index in [9.17, 15) is 18.0 Å². The maximum absolute atomic E-state index is 13.0. The third kappa shape index (κ3) is 6.28. The molecule has 0 bridgehead atoms. The Labute approximate surface area is 236 Å². The molecular weight excluding hydrogens is 550 g/mol. The van der Waals surface area contributed by atoms with Gasteiger partial charge in [0.2, 0.25) is 10.0 Å². The summed E-state index contributed by atoms with van der Waals surface area (Å²) in [6.45, 7) is 2.25. The van der Waals surface area contributed by atoms with Crippen LogP contribution >= 0.6 is 11.3 Å². The van der Waals surface area contributed by atoms with E-state index in [0.717, 1.165) is 16.7 Å². The highest BCUT2D eigenvalue weighted by atomic mass is 32.2. The van der Waals surface area contributed by atoms with Gasteiger partial charge in [-0.25, -0.2) is 18.2 Å². The van der Waals surface area contributed by atoms with E-state index < -0.39 is 28.5 Å². The summed E-state index contributed by atoms with van der Waals surface area (Å²) in [5.41, 5.74) is 4.45. The Bertz CT molecular complexity index is 1610. The van der Waals surface area contributed by atoms with Crippen molar-refractivity contribution in [1.29, 1.82) is 0 Å². The summed E-state index contributed by atoms with van der Waals surface area (Å²) in [6, 6.07) is 22.3. The molecule has 3 aromatic carbocycles. The molecule has 206 valence electrons. The first-order valence-corrected chi connectivity index (χ1v) is 14.9. The number of benzene rings is 3. The van der Waals surface area contributed by atoms with Gasteiger partial charge in [0.25, 0.3) is 5.91 Å². The zero-order chi connectivity index (χ0) is 28.1. The number of carbonyl (C=O) groups excluding carboxylic acids is 2. The number of nitrogens with zero attached hydrogens (tertiary/aromatic N) is 2. The first-order valence-electron chi connectivity index (χ1n) is 12.6. The number of rotatable bonds is 8. The zero-order valence-corrected chi connectivity index (χ0v) is 23.3. The molecule has 0 atom stereocenters. The van der Waals surface area contributed by atoms with Gasteiger partial charge in [0.15, 0.2) is 11.7 Å². The lowest BCUT2D eigenvalue weighted by Gasteiger charge is -2.26. The molecule has 1 saturated heterocycles. The van der Waals surface area contributed by atoms with Crippen LogP contribution in [0.5, 0.6) is 0 Å². The molecule has 1 aliphatic heterocycles. The van der Waals surface area contributed by atoms with Crippen LogP contribution in [-0.2, 0) is 24.3 Å². The monoisotopic (exact) mass is 577 g/mol. The normalized spacial score (nSPS) is 14.0. The third-order valence-corrected chi connectivity index (χ3v) is 9.06. The number of sulfonamides is 1. The Hall–Kier alpha value is -3.90. The zero-order valence-electron chi connectivity index (χ0n) is 21.7. The Morgan fingerprint density at radius 3 is 2.38 bits per heavy atom. The van der Waals surface area contributed by atoms with E-state index in [4.69, 9.17) is 9.47 Å². The number of thiazole rings is 1. The summed E-state index contributed by atoms with van der Waals surface area (Å²) < 4.78 is 37.7. The number of hydrogen-bond donors (Lipinski definition) is 1. The molecule has 40 heavy (non-hydrogen) atoms. The standard InChI is InChI=1S/C29H27N3O6S2/c1-20-7-12-24(40(35,36)32-13-15-37-16-14-32)17-25(20)28(34)38-18-27(33)31-29-30-26(19-39-29)23-10-8-22(9-11-23)21-5-3-2-4-6-21/h2-12,17,19H,13-16,18H2,1H3,(H,30,31,33). The molecule has 9 nitrogen and oxygen atoms in total. The highest BCUT2D eigenvalue weighted by molar-refractivity contribution is 7.89. The van der Waals surface area contributed by atoms with Crippen molar-refractivity contribution in [1.82, 2.24) is 9.29 Å². The highest BCUT2D eigenvalue weighted by Crippen LogP contribution is 2.28. The van der Waals surface area contributed by atoms with Crippen LogP contribution in [-0.4, -0.2) is 62.5 Å². The number of anilines is 1. The molecule has 0 radical (unpaired) electrons. The fourth-order valence-electron chi connectivity index (χ4n) is 4.21. The minimum absolute atomic E-state index is 0.0106. The van der Waals surface area contributed by atoms with Crippen molar-refractivity contribution in [2.75, 3.05) is 38.2 Å². The minimum atomic E-state index is -3.78. The maximum atomic E-state index is 13.0. The molecule has 0 aliphatic carbocycles. The first kappa shape index (κ1) is 27.7. The van der Waals surface area contributed by atoms with Crippen molar-refractivity contribution in [3.8, 4) is 22.4 Å². The average molecular weight is 578 g/mol. The number of ether oxygens (including phenoxy) is 2. The van der Waals surface area contributed by atoms with Gasteiger partial charge in [-0.1, -0.05) is 60.7 Å². The van der Waals surface area contributed by atoms with E-state index in [1.165, 1.54) is 27.8 Å². The van der Waals surface area contributed by atoms with Gasteiger partial charge in [-0.2, -0.15) is 4.31 Å². The Balaban J connectivity index is 1.19. The SMILES string of the molecule is Cc1ccc(S(=O)(=O)N2CCOCC2)cc1C(=O)OCC(=O)Nc1nc(-c2ccc(-c3ccccc3)cc2)cs1. The molecule has 1 aromatic heterocycles. The van der Waals surface area contributed by atoms with Gasteiger partial charge in [-0.15, -0.1) is 11.3 Å². The fraction of sp³-hybridized carbons (Fsp3) is 0.207. The predicted molar refractivity (Wildman–Crippen MR) is 153 cm³/mol. The van der Waals surface area contributed by atoms with Crippen LogP contribution in [0, 0.1) is 6.92 Å². The number of aryl methyl sites for hydroxylation is 1. The van der Waals surface area contributed by atoms with Crippen LogP contribution in [0.2, 0.25) is 0 Å². The Kier molecular flexibility index (Phi) is 8.36.